The second kappa shape index (κ2) is 5.35. The van der Waals surface area contributed by atoms with Crippen molar-refractivity contribution in [2.24, 2.45) is 0 Å². The molecule has 0 fully saturated rings. The zero-order chi connectivity index (χ0) is 7.98. The summed E-state index contributed by atoms with van der Waals surface area (Å²) in [6.07, 6.45) is 3.30. The summed E-state index contributed by atoms with van der Waals surface area (Å²) in [5.74, 6) is 0.848. The van der Waals surface area contributed by atoms with Crippen LogP contribution in [-0.4, -0.2) is 24.0 Å². The first-order valence-electron chi connectivity index (χ1n) is 3.12. The van der Waals surface area contributed by atoms with Gasteiger partial charge in [-0.25, -0.2) is 0 Å². The van der Waals surface area contributed by atoms with Crippen molar-refractivity contribution in [3.63, 3.8) is 0 Å². The Morgan fingerprint density at radius 2 is 2.50 bits per heavy atom. The number of hydrogen-bond donors (Lipinski definition) is 1. The molecule has 0 bridgehead atoms. The molecule has 0 aliphatic heterocycles. The molecule has 1 atom stereocenters. The topological polar surface area (TPSA) is 29.1 Å². The number of thioether (sulfide) groups is 1. The van der Waals surface area contributed by atoms with Crippen molar-refractivity contribution in [2.75, 3.05) is 12.0 Å². The van der Waals surface area contributed by atoms with Gasteiger partial charge in [-0.05, 0) is 19.3 Å². The Morgan fingerprint density at radius 3 is 2.90 bits per heavy atom. The molecule has 0 rings (SSSR count). The molecule has 1 amide bonds. The Bertz CT molecular complexity index is 125. The van der Waals surface area contributed by atoms with E-state index in [0.29, 0.717) is 0 Å². The Kier molecular flexibility index (Phi) is 5.12. The molecule has 58 valence electrons. The minimum absolute atomic E-state index is 0.0958. The SMILES string of the molecule is C=CC(=O)N[C@@H](C)CSC. The normalized spacial score (nSPS) is 12.2. The van der Waals surface area contributed by atoms with Crippen LogP contribution in [0.1, 0.15) is 6.92 Å². The van der Waals surface area contributed by atoms with Gasteiger partial charge in [-0.2, -0.15) is 11.8 Å². The van der Waals surface area contributed by atoms with Crippen molar-refractivity contribution < 1.29 is 4.79 Å². The molecule has 0 spiro atoms. The highest BCUT2D eigenvalue weighted by atomic mass is 32.2. The third kappa shape index (κ3) is 4.44. The highest BCUT2D eigenvalue weighted by Crippen LogP contribution is 1.95. The lowest BCUT2D eigenvalue weighted by Gasteiger charge is -2.09. The van der Waals surface area contributed by atoms with E-state index in [1.54, 1.807) is 11.8 Å². The van der Waals surface area contributed by atoms with Gasteiger partial charge in [0, 0.05) is 11.8 Å². The van der Waals surface area contributed by atoms with Crippen molar-refractivity contribution in [3.8, 4) is 0 Å². The van der Waals surface area contributed by atoms with Crippen LogP contribution in [0.3, 0.4) is 0 Å². The minimum atomic E-state index is -0.0958. The van der Waals surface area contributed by atoms with Crippen molar-refractivity contribution in [1.82, 2.24) is 5.32 Å². The van der Waals surface area contributed by atoms with E-state index in [1.165, 1.54) is 6.08 Å². The van der Waals surface area contributed by atoms with Crippen molar-refractivity contribution in [3.05, 3.63) is 12.7 Å². The van der Waals surface area contributed by atoms with E-state index >= 15 is 0 Å². The van der Waals surface area contributed by atoms with E-state index in [9.17, 15) is 4.79 Å². The molecule has 0 saturated carbocycles. The minimum Gasteiger partial charge on any atom is -0.349 e. The first kappa shape index (κ1) is 9.56. The van der Waals surface area contributed by atoms with Crippen molar-refractivity contribution >= 4 is 17.7 Å². The van der Waals surface area contributed by atoms with E-state index in [1.807, 2.05) is 13.2 Å². The molecule has 0 unspecified atom stereocenters. The molecular weight excluding hydrogens is 146 g/mol. The molecule has 0 aromatic heterocycles. The van der Waals surface area contributed by atoms with Gasteiger partial charge >= 0.3 is 0 Å². The van der Waals surface area contributed by atoms with E-state index in [-0.39, 0.29) is 11.9 Å². The third-order valence-electron chi connectivity index (χ3n) is 0.991. The average Bonchev–Trinajstić information content (AvgIpc) is 1.88. The van der Waals surface area contributed by atoms with E-state index in [4.69, 9.17) is 0 Å². The van der Waals surface area contributed by atoms with Gasteiger partial charge in [0.15, 0.2) is 0 Å². The number of rotatable bonds is 4. The molecule has 2 nitrogen and oxygen atoms in total. The molecule has 1 N–H and O–H groups in total. The summed E-state index contributed by atoms with van der Waals surface area (Å²) in [6, 6.07) is 0.237. The highest BCUT2D eigenvalue weighted by Gasteiger charge is 2.01. The fraction of sp³-hybridized carbons (Fsp3) is 0.571. The second-order valence-corrected chi connectivity index (χ2v) is 2.98. The van der Waals surface area contributed by atoms with Gasteiger partial charge in [-0.1, -0.05) is 6.58 Å². The highest BCUT2D eigenvalue weighted by molar-refractivity contribution is 7.98. The van der Waals surface area contributed by atoms with Gasteiger partial charge in [0.2, 0.25) is 5.91 Å². The maximum Gasteiger partial charge on any atom is 0.243 e. The Morgan fingerprint density at radius 1 is 1.90 bits per heavy atom. The number of nitrogens with one attached hydrogen (secondary N) is 1. The summed E-state index contributed by atoms with van der Waals surface area (Å²) < 4.78 is 0. The first-order valence-corrected chi connectivity index (χ1v) is 4.52. The van der Waals surface area contributed by atoms with Gasteiger partial charge in [0.25, 0.3) is 0 Å². The Balaban J connectivity index is 3.46. The monoisotopic (exact) mass is 159 g/mol. The van der Waals surface area contributed by atoms with Crippen molar-refractivity contribution in [2.45, 2.75) is 13.0 Å². The molecule has 0 radical (unpaired) electrons. The smallest absolute Gasteiger partial charge is 0.243 e. The number of amides is 1. The molecule has 0 heterocycles. The molecule has 3 heteroatoms. The van der Waals surface area contributed by atoms with Crippen molar-refractivity contribution in [1.29, 1.82) is 0 Å². The average molecular weight is 159 g/mol. The number of carbonyl (C=O) groups excluding carboxylic acids is 1. The molecule has 0 aromatic rings. The zero-order valence-electron chi connectivity index (χ0n) is 6.39. The largest absolute Gasteiger partial charge is 0.349 e. The quantitative estimate of drug-likeness (QED) is 0.621. The van der Waals surface area contributed by atoms with Crippen LogP contribution in [-0.2, 0) is 4.79 Å². The zero-order valence-corrected chi connectivity index (χ0v) is 7.20. The summed E-state index contributed by atoms with van der Waals surface area (Å²) in [4.78, 5) is 10.7. The predicted octanol–water partition coefficient (Wildman–Crippen LogP) is 1.04. The van der Waals surface area contributed by atoms with Gasteiger partial charge in [0.05, 0.1) is 0 Å². The molecule has 10 heavy (non-hydrogen) atoms. The predicted molar refractivity (Wildman–Crippen MR) is 46.2 cm³/mol. The van der Waals surface area contributed by atoms with Crippen LogP contribution in [0.15, 0.2) is 12.7 Å². The number of hydrogen-bond acceptors (Lipinski definition) is 2. The summed E-state index contributed by atoms with van der Waals surface area (Å²) in [5, 5.41) is 2.75. The van der Waals surface area contributed by atoms with Crippen LogP contribution >= 0.6 is 11.8 Å². The maximum atomic E-state index is 10.7. The van der Waals surface area contributed by atoms with Crippen LogP contribution in [0.2, 0.25) is 0 Å². The lowest BCUT2D eigenvalue weighted by atomic mass is 10.4. The Hall–Kier alpha value is -0.440. The Labute approximate surface area is 66.1 Å². The van der Waals surface area contributed by atoms with Crippen LogP contribution in [0.4, 0.5) is 0 Å². The third-order valence-corrected chi connectivity index (χ3v) is 1.82. The molecule has 0 saturated heterocycles. The summed E-state index contributed by atoms with van der Waals surface area (Å²) in [7, 11) is 0. The summed E-state index contributed by atoms with van der Waals surface area (Å²) in [6.45, 7) is 5.33. The lowest BCUT2D eigenvalue weighted by Crippen LogP contribution is -2.32. The summed E-state index contributed by atoms with van der Waals surface area (Å²) in [5.41, 5.74) is 0. The molecule has 0 aliphatic carbocycles. The van der Waals surface area contributed by atoms with Gasteiger partial charge in [-0.15, -0.1) is 0 Å². The fourth-order valence-electron chi connectivity index (χ4n) is 0.593. The number of carbonyl (C=O) groups is 1. The lowest BCUT2D eigenvalue weighted by molar-refractivity contribution is -0.116. The van der Waals surface area contributed by atoms with Crippen LogP contribution in [0.5, 0.6) is 0 Å². The maximum absolute atomic E-state index is 10.7. The van der Waals surface area contributed by atoms with E-state index < -0.39 is 0 Å². The summed E-state index contributed by atoms with van der Waals surface area (Å²) >= 11 is 1.71. The molecule has 0 aliphatic rings. The fourth-order valence-corrected chi connectivity index (χ4v) is 1.18. The standard InChI is InChI=1S/C7H13NOS/c1-4-7(9)8-6(2)5-10-3/h4,6H,1,5H2,2-3H3,(H,8,9)/t6-/m0/s1. The molecular formula is C7H13NOS. The van der Waals surface area contributed by atoms with Gasteiger partial charge in [-0.3, -0.25) is 4.79 Å². The van der Waals surface area contributed by atoms with E-state index in [0.717, 1.165) is 5.75 Å². The van der Waals surface area contributed by atoms with Crippen LogP contribution in [0, 0.1) is 0 Å². The second-order valence-electron chi connectivity index (χ2n) is 2.07. The van der Waals surface area contributed by atoms with Gasteiger partial charge < -0.3 is 5.32 Å². The first-order chi connectivity index (χ1) is 4.70. The van der Waals surface area contributed by atoms with Crippen LogP contribution in [0.25, 0.3) is 0 Å². The molecule has 0 aromatic carbocycles. The van der Waals surface area contributed by atoms with Gasteiger partial charge in [0.1, 0.15) is 0 Å². The van der Waals surface area contributed by atoms with E-state index in [2.05, 4.69) is 11.9 Å². The van der Waals surface area contributed by atoms with Crippen LogP contribution < -0.4 is 5.32 Å².